The Morgan fingerprint density at radius 2 is 2.07 bits per heavy atom. The summed E-state index contributed by atoms with van der Waals surface area (Å²) >= 11 is 7.96. The number of thiophene rings is 1. The van der Waals surface area contributed by atoms with Crippen molar-refractivity contribution >= 4 is 54.7 Å². The smallest absolute Gasteiger partial charge is 0.319 e. The van der Waals surface area contributed by atoms with Gasteiger partial charge >= 0.3 is 6.01 Å². The van der Waals surface area contributed by atoms with Crippen molar-refractivity contribution in [1.29, 1.82) is 5.26 Å². The number of anilines is 2. The second kappa shape index (κ2) is 10.8. The maximum Gasteiger partial charge on any atom is 0.319 e. The van der Waals surface area contributed by atoms with Crippen LogP contribution in [0.2, 0.25) is 5.02 Å². The number of nitrogens with two attached hydrogens (primary N) is 1. The van der Waals surface area contributed by atoms with E-state index in [4.69, 9.17) is 36.5 Å². The molecular formula is C31H31ClF2N6O3S. The van der Waals surface area contributed by atoms with Gasteiger partial charge in [0.1, 0.15) is 28.2 Å². The molecule has 1 atom stereocenters. The number of rotatable bonds is 7. The third kappa shape index (κ3) is 4.60. The minimum absolute atomic E-state index is 0.00784. The second-order valence-electron chi connectivity index (χ2n) is 12.3. The van der Waals surface area contributed by atoms with E-state index in [9.17, 15) is 9.65 Å². The lowest BCUT2D eigenvalue weighted by Gasteiger charge is -2.36. The van der Waals surface area contributed by atoms with Crippen molar-refractivity contribution in [2.24, 2.45) is 5.41 Å². The number of nitrogen functional groups attached to an aromatic ring is 1. The van der Waals surface area contributed by atoms with E-state index in [2.05, 4.69) is 21.7 Å². The second-order valence-corrected chi connectivity index (χ2v) is 13.7. The molecule has 4 aromatic rings. The van der Waals surface area contributed by atoms with Crippen LogP contribution in [0.15, 0.2) is 12.1 Å². The monoisotopic (exact) mass is 640 g/mol. The number of likely N-dealkylation sites (N-methyl/N-ethyl adjacent to an activating group) is 1. The number of aromatic nitrogens is 2. The quantitative estimate of drug-likeness (QED) is 0.260. The van der Waals surface area contributed by atoms with Crippen LogP contribution >= 0.6 is 22.9 Å². The first-order valence-electron chi connectivity index (χ1n) is 14.5. The Balaban J connectivity index is 1.48. The molecule has 0 spiro atoms. The van der Waals surface area contributed by atoms with Crippen molar-refractivity contribution in [2.75, 3.05) is 57.6 Å². The number of ether oxygens (including phenoxy) is 3. The topological polar surface area (TPSA) is 110 Å². The zero-order valence-corrected chi connectivity index (χ0v) is 26.1. The third-order valence-corrected chi connectivity index (χ3v) is 10.4. The highest BCUT2D eigenvalue weighted by molar-refractivity contribution is 7.23. The third-order valence-electron chi connectivity index (χ3n) is 8.97. The molecule has 5 heterocycles. The van der Waals surface area contributed by atoms with Gasteiger partial charge < -0.3 is 29.7 Å². The summed E-state index contributed by atoms with van der Waals surface area (Å²) in [6.45, 7) is 4.69. The molecule has 8 rings (SSSR count). The highest BCUT2D eigenvalue weighted by Crippen LogP contribution is 2.52. The predicted molar refractivity (Wildman–Crippen MR) is 167 cm³/mol. The van der Waals surface area contributed by atoms with Crippen molar-refractivity contribution < 1.29 is 23.0 Å². The van der Waals surface area contributed by atoms with Crippen LogP contribution in [0.1, 0.15) is 31.7 Å². The summed E-state index contributed by atoms with van der Waals surface area (Å²) in [5, 5.41) is 10.5. The molecule has 2 saturated heterocycles. The zero-order valence-electron chi connectivity index (χ0n) is 24.5. The summed E-state index contributed by atoms with van der Waals surface area (Å²) in [7, 11) is 3.98. The van der Waals surface area contributed by atoms with E-state index in [1.54, 1.807) is 0 Å². The lowest BCUT2D eigenvalue weighted by Crippen LogP contribution is -2.41. The van der Waals surface area contributed by atoms with Crippen LogP contribution in [0, 0.1) is 28.4 Å². The van der Waals surface area contributed by atoms with Crippen molar-refractivity contribution in [1.82, 2.24) is 14.9 Å². The average molecular weight is 641 g/mol. The van der Waals surface area contributed by atoms with Crippen molar-refractivity contribution in [2.45, 2.75) is 38.3 Å². The molecule has 3 fully saturated rings. The highest BCUT2D eigenvalue weighted by Gasteiger charge is 2.52. The van der Waals surface area contributed by atoms with E-state index in [-0.39, 0.29) is 71.6 Å². The molecule has 2 N–H and O–H groups in total. The first kappa shape index (κ1) is 29.2. The molecule has 0 amide bonds. The van der Waals surface area contributed by atoms with Gasteiger partial charge in [0.05, 0.1) is 46.6 Å². The Morgan fingerprint density at radius 1 is 1.27 bits per heavy atom. The number of fused-ring (bicyclic) bond motifs is 2. The van der Waals surface area contributed by atoms with Crippen LogP contribution in [0.5, 0.6) is 11.8 Å². The summed E-state index contributed by atoms with van der Waals surface area (Å²) in [6, 6.07) is 4.73. The number of nitrogens with zero attached hydrogens (tertiary/aromatic N) is 5. The van der Waals surface area contributed by atoms with Gasteiger partial charge in [-0.2, -0.15) is 15.2 Å². The fourth-order valence-corrected chi connectivity index (χ4v) is 7.81. The molecule has 230 valence electrons. The van der Waals surface area contributed by atoms with Gasteiger partial charge in [0, 0.05) is 41.9 Å². The van der Waals surface area contributed by atoms with Crippen LogP contribution in [0.4, 0.5) is 19.6 Å². The van der Waals surface area contributed by atoms with E-state index in [1.807, 2.05) is 20.2 Å². The summed E-state index contributed by atoms with van der Waals surface area (Å²) < 4.78 is 50.3. The van der Waals surface area contributed by atoms with Crippen LogP contribution in [-0.2, 0) is 4.74 Å². The molecule has 0 radical (unpaired) electrons. The SMILES string of the molecule is C[C@@H]1CCOc2c(Cl)c(-c3ccc(F)c4sc(N)c(C#N)c34)c(F)c3nc(OCC45COC(C4)C5)nc(c23)N1CCN(C)C. The Labute approximate surface area is 262 Å². The van der Waals surface area contributed by atoms with E-state index >= 15 is 4.39 Å². The van der Waals surface area contributed by atoms with Gasteiger partial charge in [0.15, 0.2) is 11.6 Å². The van der Waals surface area contributed by atoms with Crippen molar-refractivity contribution in [3.8, 4) is 29.0 Å². The molecule has 4 aliphatic rings. The molecule has 2 aromatic carbocycles. The van der Waals surface area contributed by atoms with Gasteiger partial charge in [-0.05, 0) is 45.5 Å². The van der Waals surface area contributed by atoms with Crippen LogP contribution < -0.4 is 20.1 Å². The van der Waals surface area contributed by atoms with E-state index in [0.29, 0.717) is 44.0 Å². The number of hydrogen-bond acceptors (Lipinski definition) is 10. The molecule has 3 aliphatic heterocycles. The largest absolute Gasteiger partial charge is 0.491 e. The van der Waals surface area contributed by atoms with Gasteiger partial charge in [-0.15, -0.1) is 11.3 Å². The summed E-state index contributed by atoms with van der Waals surface area (Å²) in [5.41, 5.74) is 6.20. The first-order chi connectivity index (χ1) is 21.1. The minimum Gasteiger partial charge on any atom is -0.491 e. The Hall–Kier alpha value is -3.50. The van der Waals surface area contributed by atoms with Gasteiger partial charge in [0.25, 0.3) is 0 Å². The molecular weight excluding hydrogens is 610 g/mol. The normalized spacial score (nSPS) is 22.5. The summed E-state index contributed by atoms with van der Waals surface area (Å²) in [6.07, 6.45) is 2.75. The highest BCUT2D eigenvalue weighted by atomic mass is 35.5. The molecule has 0 unspecified atom stereocenters. The van der Waals surface area contributed by atoms with Gasteiger partial charge in [0.2, 0.25) is 0 Å². The van der Waals surface area contributed by atoms with Crippen LogP contribution in [-0.4, -0.2) is 74.0 Å². The molecule has 1 aliphatic carbocycles. The molecule has 2 bridgehead atoms. The van der Waals surface area contributed by atoms with Crippen LogP contribution in [0.3, 0.4) is 0 Å². The van der Waals surface area contributed by atoms with Crippen molar-refractivity contribution in [3.05, 3.63) is 34.4 Å². The maximum atomic E-state index is 17.0. The molecule has 9 nitrogen and oxygen atoms in total. The van der Waals surface area contributed by atoms with Gasteiger partial charge in [-0.1, -0.05) is 17.7 Å². The number of hydrogen-bond donors (Lipinski definition) is 1. The maximum absolute atomic E-state index is 17.0. The first-order valence-corrected chi connectivity index (χ1v) is 15.7. The minimum atomic E-state index is -0.751. The van der Waals surface area contributed by atoms with E-state index in [0.717, 1.165) is 30.7 Å². The number of halogens is 3. The lowest BCUT2D eigenvalue weighted by molar-refractivity contribution is 0.0785. The van der Waals surface area contributed by atoms with E-state index in [1.165, 1.54) is 12.1 Å². The fraction of sp³-hybridized carbons (Fsp3) is 0.452. The standard InChI is InChI=1S/C31H31ClF2N6O3S/c1-15-6-9-41-26-22-25(24(34)21(23(26)32)17-4-5-19(33)27-20(17)18(12-35)28(36)44-27)37-30(38-29(22)40(15)8-7-39(2)3)43-14-31-10-16(11-31)42-13-31/h4-5,15-16H,6-11,13-14,36H2,1-3H3/t15-,16?,31?/m1/s1. The predicted octanol–water partition coefficient (Wildman–Crippen LogP) is 5.99. The summed E-state index contributed by atoms with van der Waals surface area (Å²) in [4.78, 5) is 13.6. The molecule has 2 aromatic heterocycles. The lowest BCUT2D eigenvalue weighted by atomic mass is 9.71. The molecule has 1 saturated carbocycles. The van der Waals surface area contributed by atoms with Crippen molar-refractivity contribution in [3.63, 3.8) is 0 Å². The average Bonchev–Trinajstić information content (AvgIpc) is 3.67. The zero-order chi connectivity index (χ0) is 30.9. The Bertz CT molecular complexity index is 1850. The number of nitriles is 1. The van der Waals surface area contributed by atoms with Gasteiger partial charge in [-0.25, -0.2) is 8.78 Å². The molecule has 44 heavy (non-hydrogen) atoms. The Kier molecular flexibility index (Phi) is 7.20. The fourth-order valence-electron chi connectivity index (χ4n) is 6.53. The molecule has 13 heteroatoms. The van der Waals surface area contributed by atoms with E-state index < -0.39 is 11.6 Å². The number of benzene rings is 2. The van der Waals surface area contributed by atoms with Gasteiger partial charge in [-0.3, -0.25) is 0 Å². The van der Waals surface area contributed by atoms with Crippen LogP contribution in [0.25, 0.3) is 32.1 Å². The summed E-state index contributed by atoms with van der Waals surface area (Å²) in [5.74, 6) is -0.622. The Morgan fingerprint density at radius 3 is 2.77 bits per heavy atom.